The Balaban J connectivity index is 1.62. The second-order valence-corrected chi connectivity index (χ2v) is 6.81. The number of anilines is 1. The van der Waals surface area contributed by atoms with Crippen molar-refractivity contribution in [2.45, 2.75) is 5.75 Å². The lowest BCUT2D eigenvalue weighted by molar-refractivity contribution is 0.448. The van der Waals surface area contributed by atoms with Crippen LogP contribution in [0.25, 0.3) is 22.0 Å². The number of nitrogens with zero attached hydrogens (tertiary/aromatic N) is 2. The van der Waals surface area contributed by atoms with Gasteiger partial charge in [-0.25, -0.2) is 13.4 Å². The average molecular weight is 328 g/mol. The van der Waals surface area contributed by atoms with E-state index in [1.165, 1.54) is 0 Å². The number of rotatable bonds is 4. The van der Waals surface area contributed by atoms with Crippen LogP contribution >= 0.6 is 0 Å². The molecular formula is C15H12N4O3S. The molecule has 0 aliphatic heterocycles. The lowest BCUT2D eigenvalue weighted by Crippen LogP contribution is -2.16. The maximum absolute atomic E-state index is 12.3. The van der Waals surface area contributed by atoms with Crippen molar-refractivity contribution in [1.29, 1.82) is 0 Å². The minimum atomic E-state index is -3.66. The van der Waals surface area contributed by atoms with E-state index in [9.17, 15) is 8.42 Å². The zero-order chi connectivity index (χ0) is 15.9. The van der Waals surface area contributed by atoms with E-state index in [2.05, 4.69) is 19.8 Å². The van der Waals surface area contributed by atoms with Gasteiger partial charge in [-0.05, 0) is 24.3 Å². The number of sulfonamides is 1. The minimum absolute atomic E-state index is 0.180. The molecule has 2 heterocycles. The maximum atomic E-state index is 12.3. The summed E-state index contributed by atoms with van der Waals surface area (Å²) in [6.45, 7) is 0. The van der Waals surface area contributed by atoms with Gasteiger partial charge < -0.3 is 9.51 Å². The summed E-state index contributed by atoms with van der Waals surface area (Å²) in [6, 6.07) is 14.4. The summed E-state index contributed by atoms with van der Waals surface area (Å²) in [4.78, 5) is 7.12. The molecule has 0 fully saturated rings. The van der Waals surface area contributed by atoms with Crippen LogP contribution in [0.2, 0.25) is 0 Å². The zero-order valence-corrected chi connectivity index (χ0v) is 12.7. The van der Waals surface area contributed by atoms with Crippen LogP contribution in [-0.4, -0.2) is 23.5 Å². The Morgan fingerprint density at radius 3 is 2.74 bits per heavy atom. The van der Waals surface area contributed by atoms with Crippen LogP contribution in [0.4, 0.5) is 5.95 Å². The number of H-pyrrole nitrogens is 1. The van der Waals surface area contributed by atoms with Gasteiger partial charge in [0, 0.05) is 5.39 Å². The Kier molecular flexibility index (Phi) is 3.05. The van der Waals surface area contributed by atoms with Crippen molar-refractivity contribution >= 4 is 38.0 Å². The standard InChI is InChI=1S/C15H12N4O3S/c20-23(21,9-13-10-5-1-4-8-14(10)22-18-13)19-15-16-11-6-2-3-7-12(11)17-15/h1-8H,9H2,(H2,16,17,19). The molecule has 8 heteroatoms. The molecular weight excluding hydrogens is 316 g/mol. The lowest BCUT2D eigenvalue weighted by atomic mass is 10.2. The summed E-state index contributed by atoms with van der Waals surface area (Å²) in [7, 11) is -3.66. The van der Waals surface area contributed by atoms with E-state index < -0.39 is 10.0 Å². The lowest BCUT2D eigenvalue weighted by Gasteiger charge is -2.03. The number of aromatic amines is 1. The Hall–Kier alpha value is -2.87. The first-order valence-corrected chi connectivity index (χ1v) is 8.54. The number of imidazole rings is 1. The van der Waals surface area contributed by atoms with Crippen molar-refractivity contribution in [1.82, 2.24) is 15.1 Å². The molecule has 0 aliphatic carbocycles. The highest BCUT2D eigenvalue weighted by Gasteiger charge is 2.18. The number of hydrogen-bond acceptors (Lipinski definition) is 5. The first kappa shape index (κ1) is 13.8. The third kappa shape index (κ3) is 2.64. The van der Waals surface area contributed by atoms with Crippen molar-refractivity contribution in [3.05, 3.63) is 54.2 Å². The first-order valence-electron chi connectivity index (χ1n) is 6.89. The van der Waals surface area contributed by atoms with Gasteiger partial charge in [0.25, 0.3) is 0 Å². The number of aromatic nitrogens is 3. The van der Waals surface area contributed by atoms with Crippen LogP contribution in [0.5, 0.6) is 0 Å². The molecule has 0 radical (unpaired) electrons. The molecule has 0 spiro atoms. The van der Waals surface area contributed by atoms with Gasteiger partial charge in [0.1, 0.15) is 11.4 Å². The van der Waals surface area contributed by atoms with Crippen molar-refractivity contribution in [2.24, 2.45) is 0 Å². The van der Waals surface area contributed by atoms with Gasteiger partial charge in [0.2, 0.25) is 16.0 Å². The maximum Gasteiger partial charge on any atom is 0.240 e. The summed E-state index contributed by atoms with van der Waals surface area (Å²) in [5, 5.41) is 4.52. The molecule has 0 unspecified atom stereocenters. The Morgan fingerprint density at radius 2 is 1.87 bits per heavy atom. The highest BCUT2D eigenvalue weighted by Crippen LogP contribution is 2.21. The molecule has 4 aromatic rings. The van der Waals surface area contributed by atoms with Gasteiger partial charge in [-0.2, -0.15) is 0 Å². The van der Waals surface area contributed by atoms with Crippen LogP contribution in [0, 0.1) is 0 Å². The molecule has 4 rings (SSSR count). The van der Waals surface area contributed by atoms with E-state index in [4.69, 9.17) is 4.52 Å². The first-order chi connectivity index (χ1) is 11.1. The monoisotopic (exact) mass is 328 g/mol. The van der Waals surface area contributed by atoms with E-state index in [1.807, 2.05) is 24.3 Å². The zero-order valence-electron chi connectivity index (χ0n) is 11.9. The number of para-hydroxylation sites is 3. The largest absolute Gasteiger partial charge is 0.356 e. The molecule has 7 nitrogen and oxygen atoms in total. The molecule has 23 heavy (non-hydrogen) atoms. The normalized spacial score (nSPS) is 12.0. The van der Waals surface area contributed by atoms with Crippen LogP contribution in [0.1, 0.15) is 5.69 Å². The van der Waals surface area contributed by atoms with Crippen molar-refractivity contribution in [3.8, 4) is 0 Å². The van der Waals surface area contributed by atoms with E-state index >= 15 is 0 Å². The fourth-order valence-electron chi connectivity index (χ4n) is 2.41. The topological polar surface area (TPSA) is 101 Å². The smallest absolute Gasteiger partial charge is 0.240 e. The van der Waals surface area contributed by atoms with Crippen molar-refractivity contribution in [3.63, 3.8) is 0 Å². The molecule has 0 saturated heterocycles. The second-order valence-electron chi connectivity index (χ2n) is 5.09. The molecule has 0 aliphatic rings. The summed E-state index contributed by atoms with van der Waals surface area (Å²) in [5.41, 5.74) is 2.37. The Labute approximate surface area is 131 Å². The number of nitrogens with one attached hydrogen (secondary N) is 2. The molecule has 116 valence electrons. The van der Waals surface area contributed by atoms with E-state index in [1.54, 1.807) is 24.3 Å². The van der Waals surface area contributed by atoms with Gasteiger partial charge in [0.05, 0.1) is 11.0 Å². The predicted octanol–water partition coefficient (Wildman–Crippen LogP) is 2.65. The number of fused-ring (bicyclic) bond motifs is 2. The van der Waals surface area contributed by atoms with E-state index in [-0.39, 0.29) is 11.7 Å². The number of benzene rings is 2. The Bertz CT molecular complexity index is 1070. The third-order valence-electron chi connectivity index (χ3n) is 3.42. The molecule has 0 amide bonds. The predicted molar refractivity (Wildman–Crippen MR) is 86.3 cm³/mol. The van der Waals surface area contributed by atoms with Gasteiger partial charge in [0.15, 0.2) is 5.58 Å². The van der Waals surface area contributed by atoms with Crippen LogP contribution in [0.15, 0.2) is 53.1 Å². The van der Waals surface area contributed by atoms with Gasteiger partial charge in [-0.15, -0.1) is 0 Å². The van der Waals surface area contributed by atoms with Gasteiger partial charge in [-0.3, -0.25) is 4.72 Å². The van der Waals surface area contributed by atoms with Crippen molar-refractivity contribution < 1.29 is 12.9 Å². The summed E-state index contributed by atoms with van der Waals surface area (Å²) < 4.78 is 32.2. The minimum Gasteiger partial charge on any atom is -0.356 e. The molecule has 2 aromatic heterocycles. The SMILES string of the molecule is O=S(=O)(Cc1noc2ccccc12)Nc1nc2ccccc2[nH]1. The fraction of sp³-hybridized carbons (Fsp3) is 0.0667. The number of hydrogen-bond donors (Lipinski definition) is 2. The molecule has 2 aromatic carbocycles. The van der Waals surface area contributed by atoms with Gasteiger partial charge >= 0.3 is 0 Å². The van der Waals surface area contributed by atoms with Crippen molar-refractivity contribution in [2.75, 3.05) is 4.72 Å². The molecule has 0 atom stereocenters. The third-order valence-corrected chi connectivity index (χ3v) is 4.58. The molecule has 0 bridgehead atoms. The highest BCUT2D eigenvalue weighted by molar-refractivity contribution is 7.91. The van der Waals surface area contributed by atoms with Crippen LogP contribution in [0.3, 0.4) is 0 Å². The van der Waals surface area contributed by atoms with Crippen LogP contribution in [-0.2, 0) is 15.8 Å². The molecule has 0 saturated carbocycles. The summed E-state index contributed by atoms with van der Waals surface area (Å²) in [5.74, 6) is -0.111. The second kappa shape index (κ2) is 5.10. The average Bonchev–Trinajstić information content (AvgIpc) is 3.10. The summed E-state index contributed by atoms with van der Waals surface area (Å²) >= 11 is 0. The van der Waals surface area contributed by atoms with Gasteiger partial charge in [-0.1, -0.05) is 29.4 Å². The van der Waals surface area contributed by atoms with Crippen LogP contribution < -0.4 is 4.72 Å². The highest BCUT2D eigenvalue weighted by atomic mass is 32.2. The quantitative estimate of drug-likeness (QED) is 0.600. The summed E-state index contributed by atoms with van der Waals surface area (Å²) in [6.07, 6.45) is 0. The molecule has 2 N–H and O–H groups in total. The Morgan fingerprint density at radius 1 is 1.09 bits per heavy atom. The van der Waals surface area contributed by atoms with E-state index in [0.717, 1.165) is 5.52 Å². The fourth-order valence-corrected chi connectivity index (χ4v) is 3.44. The van der Waals surface area contributed by atoms with E-state index in [0.29, 0.717) is 22.2 Å².